The number of halogens is 2. The van der Waals surface area contributed by atoms with E-state index in [1.54, 1.807) is 18.3 Å². The molecular weight excluding hydrogens is 521 g/mol. The van der Waals surface area contributed by atoms with Crippen molar-refractivity contribution in [2.45, 2.75) is 95.6 Å². The maximum Gasteiger partial charge on any atom is 0.163 e. The van der Waals surface area contributed by atoms with Crippen molar-refractivity contribution in [1.82, 2.24) is 10.3 Å². The molecule has 1 aromatic heterocycles. The lowest BCUT2D eigenvalue weighted by Gasteiger charge is -2.37. The van der Waals surface area contributed by atoms with Crippen molar-refractivity contribution in [3.8, 4) is 6.07 Å². The first-order valence-corrected chi connectivity index (χ1v) is 14.0. The van der Waals surface area contributed by atoms with E-state index >= 15 is 0 Å². The number of carbonyl (C=O) groups is 1. The maximum atomic E-state index is 13.9. The van der Waals surface area contributed by atoms with E-state index in [2.05, 4.69) is 37.1 Å². The third kappa shape index (κ3) is 6.24. The second-order valence-corrected chi connectivity index (χ2v) is 13.0. The Morgan fingerprint density at radius 1 is 1.24 bits per heavy atom. The summed E-state index contributed by atoms with van der Waals surface area (Å²) in [6.07, 6.45) is 4.12. The fourth-order valence-electron chi connectivity index (χ4n) is 5.97. The SMILES string of the molecule is CC(C)(C)C[C@@H]1N[C@@H](C(=O)CCC[C@H]2COC(C)(C)O2)[C@H](c2cccc(Cl)c2)[C@@]1(C#N)c1ccc(Cl)nc1. The van der Waals surface area contributed by atoms with Crippen LogP contribution in [0.15, 0.2) is 42.6 Å². The van der Waals surface area contributed by atoms with Gasteiger partial charge < -0.3 is 14.8 Å². The summed E-state index contributed by atoms with van der Waals surface area (Å²) in [6, 6.07) is 12.9. The van der Waals surface area contributed by atoms with Crippen molar-refractivity contribution in [3.05, 3.63) is 63.9 Å². The highest BCUT2D eigenvalue weighted by Gasteiger charge is 2.59. The number of hydrogen-bond donors (Lipinski definition) is 1. The van der Waals surface area contributed by atoms with Crippen LogP contribution in [0.5, 0.6) is 0 Å². The fourth-order valence-corrected chi connectivity index (χ4v) is 6.28. The summed E-state index contributed by atoms with van der Waals surface area (Å²) in [6.45, 7) is 10.8. The van der Waals surface area contributed by atoms with E-state index in [0.717, 1.165) is 17.5 Å². The van der Waals surface area contributed by atoms with Crippen LogP contribution in [0.2, 0.25) is 10.2 Å². The standard InChI is InChI=1S/C30H37Cl2N3O3/c1-28(2,3)15-24-30(18-33,20-12-13-25(32)34-16-20)26(19-8-6-9-21(31)14-19)27(35-24)23(36)11-7-10-22-17-37-29(4,5)38-22/h6,8-9,12-14,16,22,24,26-27,35H,7,10-11,15,17H2,1-5H3/t22-,24-,26-,27-,30-/m0/s1. The second-order valence-electron chi connectivity index (χ2n) is 12.2. The van der Waals surface area contributed by atoms with E-state index in [1.165, 1.54) is 0 Å². The number of pyridine rings is 1. The molecule has 0 unspecified atom stereocenters. The molecule has 0 radical (unpaired) electrons. The predicted octanol–water partition coefficient (Wildman–Crippen LogP) is 6.60. The number of nitrogens with one attached hydrogen (secondary N) is 1. The summed E-state index contributed by atoms with van der Waals surface area (Å²) < 4.78 is 11.6. The number of hydrogen-bond acceptors (Lipinski definition) is 6. The number of aromatic nitrogens is 1. The van der Waals surface area contributed by atoms with Crippen molar-refractivity contribution < 1.29 is 14.3 Å². The van der Waals surface area contributed by atoms with Crippen molar-refractivity contribution >= 4 is 29.0 Å². The van der Waals surface area contributed by atoms with Gasteiger partial charge in [0.2, 0.25) is 0 Å². The van der Waals surface area contributed by atoms with E-state index < -0.39 is 23.2 Å². The summed E-state index contributed by atoms with van der Waals surface area (Å²) in [5, 5.41) is 15.5. The number of benzene rings is 1. The molecule has 1 N–H and O–H groups in total. The Labute approximate surface area is 236 Å². The van der Waals surface area contributed by atoms with Gasteiger partial charge in [-0.2, -0.15) is 5.26 Å². The summed E-state index contributed by atoms with van der Waals surface area (Å²) in [5.41, 5.74) is 0.446. The normalized spacial score (nSPS) is 28.8. The van der Waals surface area contributed by atoms with Crippen LogP contribution in [-0.2, 0) is 19.7 Å². The minimum Gasteiger partial charge on any atom is -0.348 e. The van der Waals surface area contributed by atoms with Crippen LogP contribution in [0.3, 0.4) is 0 Å². The van der Waals surface area contributed by atoms with Crippen LogP contribution in [0, 0.1) is 16.7 Å². The van der Waals surface area contributed by atoms with Crippen LogP contribution in [0.25, 0.3) is 0 Å². The van der Waals surface area contributed by atoms with Crippen molar-refractivity contribution in [3.63, 3.8) is 0 Å². The van der Waals surface area contributed by atoms with Gasteiger partial charge in [0.1, 0.15) is 16.4 Å². The minimum absolute atomic E-state index is 0.0231. The fraction of sp³-hybridized carbons (Fsp3) is 0.567. The molecule has 0 aliphatic carbocycles. The number of nitrogens with zero attached hydrogens (tertiary/aromatic N) is 2. The zero-order valence-corrected chi connectivity index (χ0v) is 24.3. The lowest BCUT2D eigenvalue weighted by Crippen LogP contribution is -2.44. The van der Waals surface area contributed by atoms with Crippen LogP contribution < -0.4 is 5.32 Å². The molecule has 2 aliphatic rings. The molecule has 1 aromatic carbocycles. The Bertz CT molecular complexity index is 1190. The van der Waals surface area contributed by atoms with Gasteiger partial charge in [-0.1, -0.05) is 62.2 Å². The molecule has 0 amide bonds. The summed E-state index contributed by atoms with van der Waals surface area (Å²) in [7, 11) is 0. The number of ketones is 1. The molecule has 38 heavy (non-hydrogen) atoms. The number of Topliss-reactive ketones (excluding diaryl/α,β-unsaturated/α-hetero) is 1. The molecule has 2 aromatic rings. The number of ether oxygens (including phenoxy) is 2. The Hall–Kier alpha value is -2.01. The Balaban J connectivity index is 1.71. The largest absolute Gasteiger partial charge is 0.348 e. The van der Waals surface area contributed by atoms with Crippen LogP contribution in [-0.4, -0.2) is 41.3 Å². The highest BCUT2D eigenvalue weighted by Crippen LogP contribution is 2.51. The summed E-state index contributed by atoms with van der Waals surface area (Å²) >= 11 is 12.6. The van der Waals surface area contributed by atoms with E-state index in [4.69, 9.17) is 32.7 Å². The molecule has 2 fully saturated rings. The predicted molar refractivity (Wildman–Crippen MR) is 149 cm³/mol. The molecule has 5 atom stereocenters. The van der Waals surface area contributed by atoms with Gasteiger partial charge in [0.05, 0.1) is 24.8 Å². The van der Waals surface area contributed by atoms with Crippen LogP contribution in [0.1, 0.15) is 77.3 Å². The molecular formula is C30H37Cl2N3O3. The quantitative estimate of drug-likeness (QED) is 0.368. The van der Waals surface area contributed by atoms with Gasteiger partial charge in [0.25, 0.3) is 0 Å². The summed E-state index contributed by atoms with van der Waals surface area (Å²) in [4.78, 5) is 18.2. The average Bonchev–Trinajstić information content (AvgIpc) is 3.35. The smallest absolute Gasteiger partial charge is 0.163 e. The zero-order chi connectivity index (χ0) is 27.7. The first kappa shape index (κ1) is 29.0. The van der Waals surface area contributed by atoms with Crippen molar-refractivity contribution in [2.24, 2.45) is 5.41 Å². The lowest BCUT2D eigenvalue weighted by molar-refractivity contribution is -0.139. The molecule has 0 spiro atoms. The summed E-state index contributed by atoms with van der Waals surface area (Å²) in [5.74, 6) is -0.969. The number of rotatable bonds is 8. The molecule has 204 valence electrons. The van der Waals surface area contributed by atoms with Crippen molar-refractivity contribution in [1.29, 1.82) is 5.26 Å². The third-order valence-corrected chi connectivity index (χ3v) is 7.99. The van der Waals surface area contributed by atoms with Gasteiger partial charge in [0, 0.05) is 29.6 Å². The molecule has 4 rings (SSSR count). The third-order valence-electron chi connectivity index (χ3n) is 7.53. The number of carbonyl (C=O) groups excluding carboxylic acids is 1. The van der Waals surface area contributed by atoms with Crippen LogP contribution >= 0.6 is 23.2 Å². The zero-order valence-electron chi connectivity index (χ0n) is 22.8. The Kier molecular flexibility index (Phi) is 8.57. The van der Waals surface area contributed by atoms with Gasteiger partial charge in [-0.05, 0) is 67.9 Å². The van der Waals surface area contributed by atoms with Crippen molar-refractivity contribution in [2.75, 3.05) is 6.61 Å². The van der Waals surface area contributed by atoms with E-state index in [9.17, 15) is 10.1 Å². The lowest BCUT2D eigenvalue weighted by atomic mass is 9.63. The first-order valence-electron chi connectivity index (χ1n) is 13.2. The molecule has 2 aliphatic heterocycles. The monoisotopic (exact) mass is 557 g/mol. The van der Waals surface area contributed by atoms with E-state index in [1.807, 2.05) is 38.1 Å². The number of nitriles is 1. The molecule has 6 nitrogen and oxygen atoms in total. The van der Waals surface area contributed by atoms with Gasteiger partial charge in [-0.25, -0.2) is 4.98 Å². The Morgan fingerprint density at radius 2 is 2.00 bits per heavy atom. The second kappa shape index (κ2) is 11.2. The molecule has 0 bridgehead atoms. The average molecular weight is 559 g/mol. The maximum absolute atomic E-state index is 13.9. The molecule has 3 heterocycles. The van der Waals surface area contributed by atoms with Gasteiger partial charge in [-0.15, -0.1) is 0 Å². The first-order chi connectivity index (χ1) is 17.8. The van der Waals surface area contributed by atoms with E-state index in [0.29, 0.717) is 36.0 Å². The van der Waals surface area contributed by atoms with Gasteiger partial charge in [0.15, 0.2) is 5.79 Å². The Morgan fingerprint density at radius 3 is 2.58 bits per heavy atom. The minimum atomic E-state index is -1.05. The van der Waals surface area contributed by atoms with E-state index in [-0.39, 0.29) is 23.3 Å². The molecule has 2 saturated heterocycles. The highest BCUT2D eigenvalue weighted by molar-refractivity contribution is 6.30. The van der Waals surface area contributed by atoms with Crippen LogP contribution in [0.4, 0.5) is 0 Å². The molecule has 0 saturated carbocycles. The topological polar surface area (TPSA) is 84.2 Å². The molecule has 8 heteroatoms. The van der Waals surface area contributed by atoms with Gasteiger partial charge in [-0.3, -0.25) is 4.79 Å². The highest BCUT2D eigenvalue weighted by atomic mass is 35.5. The van der Waals surface area contributed by atoms with Gasteiger partial charge >= 0.3 is 0 Å².